The fourth-order valence-electron chi connectivity index (χ4n) is 2.21. The number of carbonyl (C=O) groups is 1. The van der Waals surface area contributed by atoms with Crippen LogP contribution >= 0.6 is 11.8 Å². The molecule has 1 aromatic carbocycles. The summed E-state index contributed by atoms with van der Waals surface area (Å²) < 4.78 is 0. The van der Waals surface area contributed by atoms with Gasteiger partial charge in [0, 0.05) is 16.9 Å². The van der Waals surface area contributed by atoms with Crippen molar-refractivity contribution in [2.24, 2.45) is 0 Å². The first-order valence-corrected chi connectivity index (χ1v) is 7.58. The van der Waals surface area contributed by atoms with Gasteiger partial charge in [-0.05, 0) is 42.7 Å². The number of fused-ring (bicyclic) bond motifs is 1. The summed E-state index contributed by atoms with van der Waals surface area (Å²) in [6.07, 6.45) is 6.45. The lowest BCUT2D eigenvalue weighted by Gasteiger charge is -2.15. The maximum Gasteiger partial charge on any atom is 0.162 e. The monoisotopic (exact) mass is 248 g/mol. The number of Topliss-reactive ketones (excluding diaryl/α,β-unsaturated/α-hetero) is 1. The van der Waals surface area contributed by atoms with Crippen molar-refractivity contribution in [2.75, 3.05) is 5.75 Å². The summed E-state index contributed by atoms with van der Waals surface area (Å²) in [6.45, 7) is 2.17. The molecular formula is C15H20OS. The van der Waals surface area contributed by atoms with Gasteiger partial charge >= 0.3 is 0 Å². The highest BCUT2D eigenvalue weighted by Gasteiger charge is 2.12. The Morgan fingerprint density at radius 1 is 1.35 bits per heavy atom. The van der Waals surface area contributed by atoms with Gasteiger partial charge in [-0.15, -0.1) is 11.8 Å². The van der Waals surface area contributed by atoms with Gasteiger partial charge in [-0.2, -0.15) is 0 Å². The molecule has 0 saturated heterocycles. The van der Waals surface area contributed by atoms with Crippen molar-refractivity contribution in [1.82, 2.24) is 0 Å². The van der Waals surface area contributed by atoms with Crippen LogP contribution in [0.5, 0.6) is 0 Å². The quantitative estimate of drug-likeness (QED) is 0.564. The van der Waals surface area contributed by atoms with Crippen LogP contribution in [-0.2, 0) is 6.42 Å². The molecular weight excluding hydrogens is 228 g/mol. The molecule has 92 valence electrons. The van der Waals surface area contributed by atoms with Crippen molar-refractivity contribution in [3.05, 3.63) is 29.3 Å². The van der Waals surface area contributed by atoms with E-state index in [-0.39, 0.29) is 0 Å². The Hall–Kier alpha value is -0.760. The Balaban J connectivity index is 2.03. The Morgan fingerprint density at radius 3 is 3.06 bits per heavy atom. The molecule has 0 N–H and O–H groups in total. The van der Waals surface area contributed by atoms with Crippen LogP contribution in [0.1, 0.15) is 54.9 Å². The van der Waals surface area contributed by atoms with Crippen molar-refractivity contribution < 1.29 is 4.79 Å². The minimum atomic E-state index is 0.317. The maximum absolute atomic E-state index is 12.0. The van der Waals surface area contributed by atoms with Gasteiger partial charge in [0.25, 0.3) is 0 Å². The highest BCUT2D eigenvalue weighted by Crippen LogP contribution is 2.30. The zero-order valence-electron chi connectivity index (χ0n) is 10.5. The predicted octanol–water partition coefficient (Wildman–Crippen LogP) is 4.49. The smallest absolute Gasteiger partial charge is 0.162 e. The number of ketones is 1. The van der Waals surface area contributed by atoms with Crippen LogP contribution in [0.2, 0.25) is 0 Å². The Bertz CT molecular complexity index is 398. The third-order valence-corrected chi connectivity index (χ3v) is 4.44. The average molecular weight is 248 g/mol. The number of carbonyl (C=O) groups excluding carboxylic acids is 1. The summed E-state index contributed by atoms with van der Waals surface area (Å²) in [5, 5.41) is 0. The number of unbranched alkanes of at least 4 members (excludes halogenated alkanes) is 2. The molecule has 17 heavy (non-hydrogen) atoms. The van der Waals surface area contributed by atoms with Crippen LogP contribution in [0.4, 0.5) is 0 Å². The number of aryl methyl sites for hydroxylation is 1. The van der Waals surface area contributed by atoms with E-state index in [4.69, 9.17) is 0 Å². The topological polar surface area (TPSA) is 17.1 Å². The second kappa shape index (κ2) is 6.25. The normalized spacial score (nSPS) is 14.4. The lowest BCUT2D eigenvalue weighted by Crippen LogP contribution is -2.03. The molecule has 0 bridgehead atoms. The molecule has 1 heterocycles. The molecule has 0 atom stereocenters. The standard InChI is InChI=1S/C15H20OS/c1-2-3-4-7-14(16)12-8-9-15-13(11-12)6-5-10-17-15/h8-9,11H,2-7,10H2,1H3. The third kappa shape index (κ3) is 3.35. The molecule has 1 aliphatic rings. The molecule has 0 fully saturated rings. The molecule has 2 heteroatoms. The van der Waals surface area contributed by atoms with E-state index in [2.05, 4.69) is 19.1 Å². The molecule has 0 amide bonds. The van der Waals surface area contributed by atoms with Crippen LogP contribution in [0, 0.1) is 0 Å². The first-order chi connectivity index (χ1) is 8.31. The van der Waals surface area contributed by atoms with E-state index < -0.39 is 0 Å². The van der Waals surface area contributed by atoms with Gasteiger partial charge in [0.2, 0.25) is 0 Å². The van der Waals surface area contributed by atoms with Crippen molar-refractivity contribution >= 4 is 17.5 Å². The van der Waals surface area contributed by atoms with Crippen molar-refractivity contribution in [1.29, 1.82) is 0 Å². The van der Waals surface area contributed by atoms with E-state index in [9.17, 15) is 4.79 Å². The molecule has 0 spiro atoms. The summed E-state index contributed by atoms with van der Waals surface area (Å²) in [7, 11) is 0. The van der Waals surface area contributed by atoms with Crippen molar-refractivity contribution in [3.63, 3.8) is 0 Å². The average Bonchev–Trinajstić information content (AvgIpc) is 2.38. The van der Waals surface area contributed by atoms with E-state index >= 15 is 0 Å². The summed E-state index contributed by atoms with van der Waals surface area (Å²) in [5.41, 5.74) is 2.30. The fourth-order valence-corrected chi connectivity index (χ4v) is 3.23. The van der Waals surface area contributed by atoms with Gasteiger partial charge in [0.05, 0.1) is 0 Å². The molecule has 0 unspecified atom stereocenters. The van der Waals surface area contributed by atoms with E-state index in [0.717, 1.165) is 24.8 Å². The molecule has 0 aliphatic carbocycles. The van der Waals surface area contributed by atoms with Gasteiger partial charge < -0.3 is 0 Å². The minimum Gasteiger partial charge on any atom is -0.294 e. The number of rotatable bonds is 5. The first kappa shape index (κ1) is 12.7. The van der Waals surface area contributed by atoms with Gasteiger partial charge in [-0.3, -0.25) is 4.79 Å². The molecule has 1 nitrogen and oxygen atoms in total. The molecule has 0 saturated carbocycles. The van der Waals surface area contributed by atoms with Gasteiger partial charge in [-0.25, -0.2) is 0 Å². The zero-order chi connectivity index (χ0) is 12.1. The largest absolute Gasteiger partial charge is 0.294 e. The van der Waals surface area contributed by atoms with Crippen LogP contribution in [0.25, 0.3) is 0 Å². The van der Waals surface area contributed by atoms with Gasteiger partial charge in [-0.1, -0.05) is 25.8 Å². The summed E-state index contributed by atoms with van der Waals surface area (Å²) in [5.74, 6) is 1.54. The van der Waals surface area contributed by atoms with Crippen molar-refractivity contribution in [2.45, 2.75) is 50.3 Å². The third-order valence-electron chi connectivity index (χ3n) is 3.24. The van der Waals surface area contributed by atoms with E-state index in [1.807, 2.05) is 17.8 Å². The lowest BCUT2D eigenvalue weighted by atomic mass is 10.0. The Morgan fingerprint density at radius 2 is 2.24 bits per heavy atom. The van der Waals surface area contributed by atoms with Crippen LogP contribution in [0.3, 0.4) is 0 Å². The van der Waals surface area contributed by atoms with Gasteiger partial charge in [0.15, 0.2) is 5.78 Å². The molecule has 1 aromatic rings. The van der Waals surface area contributed by atoms with E-state index in [1.165, 1.54) is 29.1 Å². The van der Waals surface area contributed by atoms with Gasteiger partial charge in [0.1, 0.15) is 0 Å². The molecule has 2 rings (SSSR count). The first-order valence-electron chi connectivity index (χ1n) is 6.60. The summed E-state index contributed by atoms with van der Waals surface area (Å²) in [4.78, 5) is 13.4. The predicted molar refractivity (Wildman–Crippen MR) is 74.0 cm³/mol. The van der Waals surface area contributed by atoms with E-state index in [1.54, 1.807) is 0 Å². The summed E-state index contributed by atoms with van der Waals surface area (Å²) in [6, 6.07) is 6.26. The Kier molecular flexibility index (Phi) is 4.66. The lowest BCUT2D eigenvalue weighted by molar-refractivity contribution is 0.0979. The second-order valence-corrected chi connectivity index (χ2v) is 5.79. The minimum absolute atomic E-state index is 0.317. The van der Waals surface area contributed by atoms with Crippen LogP contribution < -0.4 is 0 Å². The number of hydrogen-bond acceptors (Lipinski definition) is 2. The highest BCUT2D eigenvalue weighted by atomic mass is 32.2. The number of benzene rings is 1. The zero-order valence-corrected chi connectivity index (χ0v) is 11.3. The molecule has 1 aliphatic heterocycles. The SMILES string of the molecule is CCCCCC(=O)c1ccc2c(c1)CCCS2. The number of thioether (sulfide) groups is 1. The van der Waals surface area contributed by atoms with Crippen molar-refractivity contribution in [3.8, 4) is 0 Å². The Labute approximate surface area is 108 Å². The second-order valence-electron chi connectivity index (χ2n) is 4.65. The fraction of sp³-hybridized carbons (Fsp3) is 0.533. The molecule has 0 radical (unpaired) electrons. The maximum atomic E-state index is 12.0. The summed E-state index contributed by atoms with van der Waals surface area (Å²) >= 11 is 1.92. The molecule has 0 aromatic heterocycles. The van der Waals surface area contributed by atoms with Crippen LogP contribution in [-0.4, -0.2) is 11.5 Å². The van der Waals surface area contributed by atoms with Crippen LogP contribution in [0.15, 0.2) is 23.1 Å². The number of hydrogen-bond donors (Lipinski definition) is 0. The highest BCUT2D eigenvalue weighted by molar-refractivity contribution is 7.99. The van der Waals surface area contributed by atoms with E-state index in [0.29, 0.717) is 12.2 Å².